The molecule has 3 rings (SSSR count). The normalized spacial score (nSPS) is 16.7. The van der Waals surface area contributed by atoms with Gasteiger partial charge < -0.3 is 15.4 Å². The van der Waals surface area contributed by atoms with Gasteiger partial charge in [0.25, 0.3) is 0 Å². The van der Waals surface area contributed by atoms with Crippen LogP contribution in [0.2, 0.25) is 5.02 Å². The van der Waals surface area contributed by atoms with Gasteiger partial charge in [0, 0.05) is 35.9 Å². The Morgan fingerprint density at radius 3 is 2.78 bits per heavy atom. The molecular formula is C20H21ClF4N4O3. The molecule has 0 spiro atoms. The molecule has 0 saturated carbocycles. The number of carbonyl (C=O) groups excluding carboxylic acids is 2. The lowest BCUT2D eigenvalue weighted by atomic mass is 10.1. The van der Waals surface area contributed by atoms with Gasteiger partial charge in [0.15, 0.2) is 5.69 Å². The Labute approximate surface area is 186 Å². The number of aromatic nitrogens is 2. The molecule has 0 bridgehead atoms. The van der Waals surface area contributed by atoms with Crippen LogP contribution in [0.4, 0.5) is 17.6 Å². The van der Waals surface area contributed by atoms with Crippen LogP contribution < -0.4 is 10.6 Å². The highest BCUT2D eigenvalue weighted by molar-refractivity contribution is 6.31. The maximum atomic E-state index is 13.4. The van der Waals surface area contributed by atoms with Gasteiger partial charge in [0.05, 0.1) is 26.0 Å². The highest BCUT2D eigenvalue weighted by Crippen LogP contribution is 2.31. The predicted octanol–water partition coefficient (Wildman–Crippen LogP) is 2.85. The van der Waals surface area contributed by atoms with Crippen molar-refractivity contribution in [1.29, 1.82) is 0 Å². The standard InChI is InChI=1S/C20H21ClF4N4O3/c21-16-8-14(22)2-1-12(16)10-27-17(30)7-13-11-29(28-19(13)20(23,24)25)5-4-26-15-3-6-32-18(31)9-15/h1-2,8,11,15,26H,3-7,9-10H2,(H,27,30). The topological polar surface area (TPSA) is 85.2 Å². The van der Waals surface area contributed by atoms with Crippen LogP contribution in [0.5, 0.6) is 0 Å². The largest absolute Gasteiger partial charge is 0.466 e. The van der Waals surface area contributed by atoms with Gasteiger partial charge in [-0.1, -0.05) is 17.7 Å². The summed E-state index contributed by atoms with van der Waals surface area (Å²) in [6.07, 6.45) is -3.24. The van der Waals surface area contributed by atoms with Gasteiger partial charge in [0.1, 0.15) is 5.82 Å². The average molecular weight is 477 g/mol. The molecule has 7 nitrogen and oxygen atoms in total. The number of nitrogens with one attached hydrogen (secondary N) is 2. The Balaban J connectivity index is 1.58. The van der Waals surface area contributed by atoms with Gasteiger partial charge in [-0.2, -0.15) is 18.3 Å². The lowest BCUT2D eigenvalue weighted by Gasteiger charge is -2.22. The SMILES string of the molecule is O=C(Cc1cn(CCNC2CCOC(=O)C2)nc1C(F)(F)F)NCc1ccc(F)cc1Cl. The molecule has 1 unspecified atom stereocenters. The van der Waals surface area contributed by atoms with Gasteiger partial charge in [0.2, 0.25) is 5.91 Å². The van der Waals surface area contributed by atoms with Crippen LogP contribution in [0.3, 0.4) is 0 Å². The number of hydrogen-bond acceptors (Lipinski definition) is 5. The second kappa shape index (κ2) is 10.3. The van der Waals surface area contributed by atoms with Crippen molar-refractivity contribution in [3.63, 3.8) is 0 Å². The zero-order valence-electron chi connectivity index (χ0n) is 16.8. The van der Waals surface area contributed by atoms with Crippen molar-refractivity contribution in [3.05, 3.63) is 52.1 Å². The quantitative estimate of drug-likeness (QED) is 0.452. The number of halogens is 5. The third-order valence-electron chi connectivity index (χ3n) is 4.86. The minimum atomic E-state index is -4.72. The highest BCUT2D eigenvalue weighted by Gasteiger charge is 2.37. The molecule has 1 aliphatic heterocycles. The van der Waals surface area contributed by atoms with Crippen molar-refractivity contribution in [2.24, 2.45) is 0 Å². The number of alkyl halides is 3. The maximum absolute atomic E-state index is 13.4. The Hall–Kier alpha value is -2.66. The molecule has 1 fully saturated rings. The van der Waals surface area contributed by atoms with Crippen LogP contribution in [0.15, 0.2) is 24.4 Å². The molecule has 0 aliphatic carbocycles. The molecule has 1 aromatic carbocycles. The van der Waals surface area contributed by atoms with E-state index >= 15 is 0 Å². The molecule has 2 heterocycles. The van der Waals surface area contributed by atoms with Crippen LogP contribution in [-0.4, -0.2) is 40.9 Å². The third-order valence-corrected chi connectivity index (χ3v) is 5.22. The molecule has 0 radical (unpaired) electrons. The van der Waals surface area contributed by atoms with Crippen molar-refractivity contribution in [2.45, 2.75) is 44.6 Å². The Morgan fingerprint density at radius 2 is 2.09 bits per heavy atom. The zero-order valence-corrected chi connectivity index (χ0v) is 17.6. The second-order valence-electron chi connectivity index (χ2n) is 7.32. The van der Waals surface area contributed by atoms with Crippen LogP contribution in [0, 0.1) is 5.82 Å². The van der Waals surface area contributed by atoms with Gasteiger partial charge >= 0.3 is 12.1 Å². The number of esters is 1. The van der Waals surface area contributed by atoms with Crippen molar-refractivity contribution in [1.82, 2.24) is 20.4 Å². The van der Waals surface area contributed by atoms with Crippen molar-refractivity contribution in [2.75, 3.05) is 13.2 Å². The van der Waals surface area contributed by atoms with Gasteiger partial charge in [-0.25, -0.2) is 4.39 Å². The van der Waals surface area contributed by atoms with Crippen LogP contribution >= 0.6 is 11.6 Å². The van der Waals surface area contributed by atoms with E-state index in [-0.39, 0.29) is 42.1 Å². The minimum absolute atomic E-state index is 0.0544. The first kappa shape index (κ1) is 24.0. The van der Waals surface area contributed by atoms with E-state index in [1.807, 2.05) is 0 Å². The lowest BCUT2D eigenvalue weighted by molar-refractivity contribution is -0.148. The first-order valence-corrected chi connectivity index (χ1v) is 10.2. The molecule has 12 heteroatoms. The molecule has 2 aromatic rings. The number of hydrogen-bond donors (Lipinski definition) is 2. The Kier molecular flexibility index (Phi) is 7.73. The molecule has 1 aliphatic rings. The van der Waals surface area contributed by atoms with Crippen LogP contribution in [-0.2, 0) is 40.0 Å². The van der Waals surface area contributed by atoms with E-state index < -0.39 is 30.0 Å². The minimum Gasteiger partial charge on any atom is -0.466 e. The van der Waals surface area contributed by atoms with E-state index in [1.165, 1.54) is 18.3 Å². The molecule has 1 aromatic heterocycles. The van der Waals surface area contributed by atoms with Gasteiger partial charge in [-0.05, 0) is 24.1 Å². The Morgan fingerprint density at radius 1 is 1.31 bits per heavy atom. The summed E-state index contributed by atoms with van der Waals surface area (Å²) in [4.78, 5) is 23.5. The number of rotatable bonds is 8. The van der Waals surface area contributed by atoms with E-state index in [2.05, 4.69) is 15.7 Å². The van der Waals surface area contributed by atoms with E-state index in [0.717, 1.165) is 10.7 Å². The van der Waals surface area contributed by atoms with Gasteiger partial charge in [-0.3, -0.25) is 14.3 Å². The van der Waals surface area contributed by atoms with Crippen molar-refractivity contribution >= 4 is 23.5 Å². The highest BCUT2D eigenvalue weighted by atomic mass is 35.5. The van der Waals surface area contributed by atoms with Crippen LogP contribution in [0.1, 0.15) is 29.7 Å². The number of benzene rings is 1. The maximum Gasteiger partial charge on any atom is 0.435 e. The average Bonchev–Trinajstić information content (AvgIpc) is 3.10. The first-order valence-electron chi connectivity index (χ1n) is 9.85. The van der Waals surface area contributed by atoms with Gasteiger partial charge in [-0.15, -0.1) is 0 Å². The molecule has 2 N–H and O–H groups in total. The second-order valence-corrected chi connectivity index (χ2v) is 7.72. The number of ether oxygens (including phenoxy) is 1. The first-order chi connectivity index (χ1) is 15.1. The number of nitrogens with zero attached hydrogens (tertiary/aromatic N) is 2. The fraction of sp³-hybridized carbons (Fsp3) is 0.450. The van der Waals surface area contributed by atoms with Crippen molar-refractivity contribution < 1.29 is 31.9 Å². The summed E-state index contributed by atoms with van der Waals surface area (Å²) < 4.78 is 59.2. The summed E-state index contributed by atoms with van der Waals surface area (Å²) in [6, 6.07) is 3.54. The monoisotopic (exact) mass is 476 g/mol. The molecular weight excluding hydrogens is 456 g/mol. The third kappa shape index (κ3) is 6.67. The van der Waals surface area contributed by atoms with E-state index in [4.69, 9.17) is 16.3 Å². The van der Waals surface area contributed by atoms with E-state index in [1.54, 1.807) is 0 Å². The van der Waals surface area contributed by atoms with E-state index in [9.17, 15) is 27.2 Å². The molecule has 174 valence electrons. The van der Waals surface area contributed by atoms with Crippen molar-refractivity contribution in [3.8, 4) is 0 Å². The van der Waals surface area contributed by atoms with E-state index in [0.29, 0.717) is 25.1 Å². The summed E-state index contributed by atoms with van der Waals surface area (Å²) in [6.45, 7) is 0.674. The fourth-order valence-electron chi connectivity index (χ4n) is 3.27. The summed E-state index contributed by atoms with van der Waals surface area (Å²) >= 11 is 5.89. The smallest absolute Gasteiger partial charge is 0.435 e. The molecule has 1 atom stereocenters. The fourth-order valence-corrected chi connectivity index (χ4v) is 3.51. The number of cyclic esters (lactones) is 1. The molecule has 1 amide bonds. The Bertz CT molecular complexity index is 980. The summed E-state index contributed by atoms with van der Waals surface area (Å²) in [7, 11) is 0. The molecule has 1 saturated heterocycles. The number of amides is 1. The zero-order chi connectivity index (χ0) is 23.3. The molecule has 32 heavy (non-hydrogen) atoms. The summed E-state index contributed by atoms with van der Waals surface area (Å²) in [5.74, 6) is -1.51. The number of carbonyl (C=O) groups is 2. The predicted molar refractivity (Wildman–Crippen MR) is 106 cm³/mol. The summed E-state index contributed by atoms with van der Waals surface area (Å²) in [5, 5.41) is 9.27. The summed E-state index contributed by atoms with van der Waals surface area (Å²) in [5.41, 5.74) is -0.957. The van der Waals surface area contributed by atoms with Crippen LogP contribution in [0.25, 0.3) is 0 Å². The lowest BCUT2D eigenvalue weighted by Crippen LogP contribution is -2.38.